The molecule has 0 unspecified atom stereocenters. The lowest BCUT2D eigenvalue weighted by Gasteiger charge is -2.29. The van der Waals surface area contributed by atoms with Gasteiger partial charge in [-0.1, -0.05) is 123 Å². The molecule has 0 N–H and O–H groups in total. The summed E-state index contributed by atoms with van der Waals surface area (Å²) in [6.45, 7) is 21.0. The number of para-hydroxylation sites is 3. The standard InChI is InChI=1S/C49H50N4O/c1-47(2,3)34-23-24-50-45(30-34)53-41-18-11-10-17-39(41)40-22-21-33(26-44(40)53)46(54)32-15-14-16-37(25-32)51-31-52(43-20-13-12-19-42(43)51)38-28-35(48(4,5)6)27-36(29-38)49(7,8)9/h10-30H,31H2,1-9H3. The monoisotopic (exact) mass is 710 g/mol. The average Bonchev–Trinajstić information content (AvgIpc) is 3.69. The molecule has 272 valence electrons. The summed E-state index contributed by atoms with van der Waals surface area (Å²) in [5.74, 6) is 0.837. The molecular formula is C49H50N4O. The third kappa shape index (κ3) is 6.26. The zero-order valence-corrected chi connectivity index (χ0v) is 33.0. The van der Waals surface area contributed by atoms with E-state index in [-0.39, 0.29) is 22.0 Å². The van der Waals surface area contributed by atoms with Gasteiger partial charge >= 0.3 is 0 Å². The minimum absolute atomic E-state index is 0.00792. The predicted octanol–water partition coefficient (Wildman–Crippen LogP) is 12.5. The van der Waals surface area contributed by atoms with E-state index in [2.05, 4.69) is 168 Å². The number of pyridine rings is 1. The molecule has 5 aromatic carbocycles. The van der Waals surface area contributed by atoms with E-state index in [9.17, 15) is 4.79 Å². The van der Waals surface area contributed by atoms with Crippen LogP contribution in [0.4, 0.5) is 22.7 Å². The van der Waals surface area contributed by atoms with Crippen molar-refractivity contribution in [2.45, 2.75) is 78.6 Å². The fourth-order valence-corrected chi connectivity index (χ4v) is 7.64. The molecule has 7 aromatic rings. The van der Waals surface area contributed by atoms with Gasteiger partial charge in [0.25, 0.3) is 0 Å². The largest absolute Gasteiger partial charge is 0.321 e. The van der Waals surface area contributed by atoms with E-state index in [1.165, 1.54) is 22.4 Å². The Morgan fingerprint density at radius 3 is 1.78 bits per heavy atom. The fraction of sp³-hybridized carbons (Fsp3) is 0.265. The van der Waals surface area contributed by atoms with Crippen LogP contribution in [0.3, 0.4) is 0 Å². The van der Waals surface area contributed by atoms with Crippen molar-refractivity contribution in [3.8, 4) is 5.82 Å². The Kier molecular flexibility index (Phi) is 8.33. The molecule has 0 aliphatic carbocycles. The Labute approximate surface area is 319 Å². The number of fused-ring (bicyclic) bond motifs is 4. The lowest BCUT2D eigenvalue weighted by atomic mass is 9.80. The van der Waals surface area contributed by atoms with Crippen molar-refractivity contribution in [3.05, 3.63) is 155 Å². The quantitative estimate of drug-likeness (QED) is 0.167. The number of carbonyl (C=O) groups is 1. The summed E-state index contributed by atoms with van der Waals surface area (Å²) < 4.78 is 2.20. The molecule has 5 heteroatoms. The summed E-state index contributed by atoms with van der Waals surface area (Å²) >= 11 is 0. The van der Waals surface area contributed by atoms with Gasteiger partial charge in [-0.05, 0) is 93.6 Å². The van der Waals surface area contributed by atoms with Crippen molar-refractivity contribution in [1.82, 2.24) is 9.55 Å². The van der Waals surface area contributed by atoms with E-state index in [1.807, 2.05) is 36.5 Å². The van der Waals surface area contributed by atoms with Gasteiger partial charge in [-0.2, -0.15) is 0 Å². The fourth-order valence-electron chi connectivity index (χ4n) is 7.64. The lowest BCUT2D eigenvalue weighted by molar-refractivity contribution is 0.103. The Bertz CT molecular complexity index is 2540. The van der Waals surface area contributed by atoms with Gasteiger partial charge < -0.3 is 9.80 Å². The number of ketones is 1. The molecule has 1 aliphatic heterocycles. The third-order valence-electron chi connectivity index (χ3n) is 10.9. The molecule has 0 saturated heterocycles. The molecule has 3 heterocycles. The zero-order valence-electron chi connectivity index (χ0n) is 33.0. The van der Waals surface area contributed by atoms with Crippen LogP contribution in [0.15, 0.2) is 128 Å². The molecule has 0 saturated carbocycles. The smallest absolute Gasteiger partial charge is 0.193 e. The number of benzene rings is 5. The van der Waals surface area contributed by atoms with E-state index in [0.717, 1.165) is 44.7 Å². The van der Waals surface area contributed by atoms with Crippen molar-refractivity contribution in [2.24, 2.45) is 0 Å². The second-order valence-corrected chi connectivity index (χ2v) is 17.9. The van der Waals surface area contributed by atoms with Gasteiger partial charge in [0.1, 0.15) is 12.5 Å². The molecule has 0 fully saturated rings. The average molecular weight is 711 g/mol. The van der Waals surface area contributed by atoms with Crippen LogP contribution in [0.1, 0.15) is 94.9 Å². The van der Waals surface area contributed by atoms with Crippen LogP contribution in [0.5, 0.6) is 0 Å². The summed E-state index contributed by atoms with van der Waals surface area (Å²) in [4.78, 5) is 24.0. The van der Waals surface area contributed by atoms with Gasteiger partial charge in [0.05, 0.1) is 22.4 Å². The van der Waals surface area contributed by atoms with E-state index in [4.69, 9.17) is 4.98 Å². The SMILES string of the molecule is CC(C)(C)c1cc(N2CN(c3cccc(C(=O)c4ccc5c6ccccc6n(-c6cc(C(C)(C)C)ccn6)c5c4)c3)c3ccccc32)cc(C(C)(C)C)c1. The first-order valence-electron chi connectivity index (χ1n) is 19.0. The molecule has 0 bridgehead atoms. The number of aromatic nitrogens is 2. The Hall–Kier alpha value is -5.68. The highest BCUT2D eigenvalue weighted by molar-refractivity contribution is 6.15. The Morgan fingerprint density at radius 1 is 0.519 bits per heavy atom. The van der Waals surface area contributed by atoms with E-state index < -0.39 is 0 Å². The van der Waals surface area contributed by atoms with Crippen LogP contribution in [0.2, 0.25) is 0 Å². The summed E-state index contributed by atoms with van der Waals surface area (Å²) in [5, 5.41) is 2.23. The number of nitrogens with zero attached hydrogens (tertiary/aromatic N) is 4. The van der Waals surface area contributed by atoms with Gasteiger partial charge in [-0.15, -0.1) is 0 Å². The number of hydrogen-bond donors (Lipinski definition) is 0. The van der Waals surface area contributed by atoms with Crippen molar-refractivity contribution in [3.63, 3.8) is 0 Å². The first-order chi connectivity index (χ1) is 25.6. The van der Waals surface area contributed by atoms with Gasteiger partial charge in [-0.3, -0.25) is 9.36 Å². The second-order valence-electron chi connectivity index (χ2n) is 17.9. The highest BCUT2D eigenvalue weighted by atomic mass is 16.1. The van der Waals surface area contributed by atoms with Gasteiger partial charge in [-0.25, -0.2) is 4.98 Å². The Morgan fingerprint density at radius 2 is 1.11 bits per heavy atom. The number of rotatable bonds is 5. The maximum absolute atomic E-state index is 14.4. The van der Waals surface area contributed by atoms with E-state index >= 15 is 0 Å². The first kappa shape index (κ1) is 35.4. The van der Waals surface area contributed by atoms with Crippen molar-refractivity contribution in [1.29, 1.82) is 0 Å². The molecule has 54 heavy (non-hydrogen) atoms. The highest BCUT2D eigenvalue weighted by Crippen LogP contribution is 2.46. The second kappa shape index (κ2) is 12.7. The maximum atomic E-state index is 14.4. The first-order valence-corrected chi connectivity index (χ1v) is 19.0. The van der Waals surface area contributed by atoms with Crippen LogP contribution in [-0.2, 0) is 16.2 Å². The van der Waals surface area contributed by atoms with Crippen LogP contribution in [0.25, 0.3) is 27.6 Å². The van der Waals surface area contributed by atoms with Gasteiger partial charge in [0.15, 0.2) is 5.78 Å². The lowest BCUT2D eigenvalue weighted by Crippen LogP contribution is -2.25. The molecule has 1 aliphatic rings. The normalized spacial score (nSPS) is 13.6. The topological polar surface area (TPSA) is 41.4 Å². The zero-order chi connectivity index (χ0) is 38.2. The van der Waals surface area contributed by atoms with E-state index in [0.29, 0.717) is 17.8 Å². The minimum atomic E-state index is -0.0265. The van der Waals surface area contributed by atoms with Crippen LogP contribution in [-0.4, -0.2) is 22.0 Å². The molecule has 8 rings (SSSR count). The summed E-state index contributed by atoms with van der Waals surface area (Å²) in [7, 11) is 0. The minimum Gasteiger partial charge on any atom is -0.321 e. The summed E-state index contributed by atoms with van der Waals surface area (Å²) in [6, 6.07) is 42.5. The van der Waals surface area contributed by atoms with Gasteiger partial charge in [0.2, 0.25) is 0 Å². The van der Waals surface area contributed by atoms with Crippen molar-refractivity contribution in [2.75, 3.05) is 16.5 Å². The molecule has 0 amide bonds. The van der Waals surface area contributed by atoms with Crippen LogP contribution in [0, 0.1) is 0 Å². The molecule has 0 radical (unpaired) electrons. The van der Waals surface area contributed by atoms with Gasteiger partial charge in [0, 0.05) is 39.5 Å². The van der Waals surface area contributed by atoms with E-state index in [1.54, 1.807) is 0 Å². The third-order valence-corrected chi connectivity index (χ3v) is 10.9. The molecular weight excluding hydrogens is 661 g/mol. The molecule has 0 atom stereocenters. The maximum Gasteiger partial charge on any atom is 0.193 e. The molecule has 5 nitrogen and oxygen atoms in total. The number of carbonyl (C=O) groups excluding carboxylic acids is 1. The molecule has 0 spiro atoms. The summed E-state index contributed by atoms with van der Waals surface area (Å²) in [6.07, 6.45) is 1.89. The Balaban J connectivity index is 1.18. The summed E-state index contributed by atoms with van der Waals surface area (Å²) in [5.41, 5.74) is 11.6. The highest BCUT2D eigenvalue weighted by Gasteiger charge is 2.30. The molecule has 2 aromatic heterocycles. The predicted molar refractivity (Wildman–Crippen MR) is 227 cm³/mol. The van der Waals surface area contributed by atoms with Crippen molar-refractivity contribution < 1.29 is 4.79 Å². The number of hydrogen-bond acceptors (Lipinski definition) is 4. The number of anilines is 4. The van der Waals surface area contributed by atoms with Crippen molar-refractivity contribution >= 4 is 50.3 Å². The van der Waals surface area contributed by atoms with Crippen LogP contribution < -0.4 is 9.80 Å². The van der Waals surface area contributed by atoms with Crippen LogP contribution >= 0.6 is 0 Å².